The number of rotatable bonds is 4. The predicted molar refractivity (Wildman–Crippen MR) is 63.4 cm³/mol. The average Bonchev–Trinajstić information content (AvgIpc) is 2.29. The molecule has 1 aliphatic carbocycles. The van der Waals surface area contributed by atoms with Crippen molar-refractivity contribution in [2.24, 2.45) is 0 Å². The number of carbonyl (C=O) groups is 2. The zero-order chi connectivity index (χ0) is 12.7. The normalized spacial score (nSPS) is 15.9. The van der Waals surface area contributed by atoms with Crippen LogP contribution in [0.1, 0.15) is 32.1 Å². The molecule has 1 fully saturated rings. The Morgan fingerprint density at radius 2 is 2.00 bits per heavy atom. The molecule has 0 spiro atoms. The molecule has 0 radical (unpaired) electrons. The van der Waals surface area contributed by atoms with Gasteiger partial charge in [0, 0.05) is 6.04 Å². The fourth-order valence-electron chi connectivity index (χ4n) is 1.99. The number of carboxylic acids is 1. The van der Waals surface area contributed by atoms with E-state index < -0.39 is 5.97 Å². The summed E-state index contributed by atoms with van der Waals surface area (Å²) in [5.74, 6) is 1.24. The molecule has 0 bridgehead atoms. The van der Waals surface area contributed by atoms with Gasteiger partial charge in [0.05, 0.1) is 6.54 Å². The van der Waals surface area contributed by atoms with Gasteiger partial charge < -0.3 is 15.3 Å². The van der Waals surface area contributed by atoms with Crippen LogP contribution in [-0.2, 0) is 4.79 Å². The molecular weight excluding hydrogens is 220 g/mol. The molecule has 0 aromatic rings. The summed E-state index contributed by atoms with van der Waals surface area (Å²) in [5, 5.41) is 11.5. The Kier molecular flexibility index (Phi) is 5.34. The molecule has 0 heterocycles. The molecule has 0 unspecified atom stereocenters. The molecule has 0 aromatic carbocycles. The van der Waals surface area contributed by atoms with E-state index in [1.165, 1.54) is 6.42 Å². The van der Waals surface area contributed by atoms with E-state index in [1.54, 1.807) is 0 Å². The molecule has 2 N–H and O–H groups in total. The Morgan fingerprint density at radius 3 is 2.53 bits per heavy atom. The summed E-state index contributed by atoms with van der Waals surface area (Å²) in [5.41, 5.74) is 0. The van der Waals surface area contributed by atoms with Crippen LogP contribution in [0.15, 0.2) is 0 Å². The minimum absolute atomic E-state index is 0.0187. The van der Waals surface area contributed by atoms with Gasteiger partial charge >= 0.3 is 12.0 Å². The van der Waals surface area contributed by atoms with Crippen molar-refractivity contribution >= 4 is 12.0 Å². The Hall–Kier alpha value is -1.70. The van der Waals surface area contributed by atoms with Crippen molar-refractivity contribution in [1.29, 1.82) is 0 Å². The van der Waals surface area contributed by atoms with Crippen LogP contribution in [0, 0.1) is 12.3 Å². The monoisotopic (exact) mass is 238 g/mol. The largest absolute Gasteiger partial charge is 0.480 e. The number of terminal acetylenes is 1. The van der Waals surface area contributed by atoms with E-state index in [4.69, 9.17) is 11.5 Å². The van der Waals surface area contributed by atoms with Crippen LogP contribution in [0.5, 0.6) is 0 Å². The third-order valence-electron chi connectivity index (χ3n) is 2.83. The van der Waals surface area contributed by atoms with Crippen LogP contribution in [0.25, 0.3) is 0 Å². The Balaban J connectivity index is 2.46. The van der Waals surface area contributed by atoms with E-state index in [0.717, 1.165) is 30.6 Å². The van der Waals surface area contributed by atoms with Crippen molar-refractivity contribution in [2.75, 3.05) is 13.1 Å². The van der Waals surface area contributed by atoms with Gasteiger partial charge in [0.25, 0.3) is 0 Å². The SMILES string of the molecule is C#CCN(CC(=O)O)C(=O)NC1CCCCC1. The van der Waals surface area contributed by atoms with Gasteiger partial charge in [-0.1, -0.05) is 25.2 Å². The first-order valence-electron chi connectivity index (χ1n) is 5.84. The summed E-state index contributed by atoms with van der Waals surface area (Å²) in [4.78, 5) is 23.5. The summed E-state index contributed by atoms with van der Waals surface area (Å²) in [7, 11) is 0. The lowest BCUT2D eigenvalue weighted by Crippen LogP contribution is -2.47. The van der Waals surface area contributed by atoms with Crippen molar-refractivity contribution in [1.82, 2.24) is 10.2 Å². The highest BCUT2D eigenvalue weighted by molar-refractivity contribution is 5.80. The molecule has 1 aliphatic rings. The van der Waals surface area contributed by atoms with Crippen LogP contribution in [-0.4, -0.2) is 41.1 Å². The van der Waals surface area contributed by atoms with Gasteiger partial charge in [0.15, 0.2) is 0 Å². The number of nitrogens with one attached hydrogen (secondary N) is 1. The molecule has 5 nitrogen and oxygen atoms in total. The quantitative estimate of drug-likeness (QED) is 0.719. The van der Waals surface area contributed by atoms with Gasteiger partial charge in [0.2, 0.25) is 0 Å². The van der Waals surface area contributed by atoms with Crippen molar-refractivity contribution in [2.45, 2.75) is 38.1 Å². The number of hydrogen-bond acceptors (Lipinski definition) is 2. The third-order valence-corrected chi connectivity index (χ3v) is 2.83. The standard InChI is InChI=1S/C12H18N2O3/c1-2-8-14(9-11(15)16)12(17)13-10-6-4-3-5-7-10/h1,10H,3-9H2,(H,13,17)(H,15,16). The molecule has 2 amide bonds. The van der Waals surface area contributed by atoms with Gasteiger partial charge in [-0.05, 0) is 12.8 Å². The van der Waals surface area contributed by atoms with Gasteiger partial charge in [-0.25, -0.2) is 4.79 Å². The van der Waals surface area contributed by atoms with Gasteiger partial charge in [0.1, 0.15) is 6.54 Å². The first kappa shape index (κ1) is 13.4. The summed E-state index contributed by atoms with van der Waals surface area (Å²) >= 11 is 0. The highest BCUT2D eigenvalue weighted by atomic mass is 16.4. The highest BCUT2D eigenvalue weighted by Crippen LogP contribution is 2.17. The highest BCUT2D eigenvalue weighted by Gasteiger charge is 2.20. The second-order valence-corrected chi connectivity index (χ2v) is 4.24. The van der Waals surface area contributed by atoms with Crippen molar-refractivity contribution in [3.05, 3.63) is 0 Å². The number of aliphatic carboxylic acids is 1. The van der Waals surface area contributed by atoms with Crippen molar-refractivity contribution < 1.29 is 14.7 Å². The van der Waals surface area contributed by atoms with Gasteiger partial charge in [-0.3, -0.25) is 4.79 Å². The van der Waals surface area contributed by atoms with E-state index in [1.807, 2.05) is 0 Å². The zero-order valence-electron chi connectivity index (χ0n) is 9.82. The molecule has 17 heavy (non-hydrogen) atoms. The van der Waals surface area contributed by atoms with Crippen molar-refractivity contribution in [3.8, 4) is 12.3 Å². The lowest BCUT2D eigenvalue weighted by molar-refractivity contribution is -0.137. The molecular formula is C12H18N2O3. The van der Waals surface area contributed by atoms with E-state index in [9.17, 15) is 9.59 Å². The third kappa shape index (κ3) is 4.77. The Labute approximate surface area is 101 Å². The van der Waals surface area contributed by atoms with E-state index in [2.05, 4.69) is 11.2 Å². The van der Waals surface area contributed by atoms with E-state index in [-0.39, 0.29) is 25.2 Å². The minimum Gasteiger partial charge on any atom is -0.480 e. The molecule has 0 saturated heterocycles. The average molecular weight is 238 g/mol. The molecule has 1 rings (SSSR count). The van der Waals surface area contributed by atoms with E-state index >= 15 is 0 Å². The molecule has 1 saturated carbocycles. The van der Waals surface area contributed by atoms with Crippen molar-refractivity contribution in [3.63, 3.8) is 0 Å². The number of urea groups is 1. The number of carboxylic acid groups (broad SMARTS) is 1. The first-order valence-corrected chi connectivity index (χ1v) is 5.84. The maximum absolute atomic E-state index is 11.8. The van der Waals surface area contributed by atoms with Crippen LogP contribution in [0.2, 0.25) is 0 Å². The molecule has 94 valence electrons. The smallest absolute Gasteiger partial charge is 0.323 e. The first-order chi connectivity index (χ1) is 8.13. The molecule has 0 atom stereocenters. The zero-order valence-corrected chi connectivity index (χ0v) is 9.82. The fourth-order valence-corrected chi connectivity index (χ4v) is 1.99. The number of hydrogen-bond donors (Lipinski definition) is 2. The van der Waals surface area contributed by atoms with Crippen LogP contribution < -0.4 is 5.32 Å². The number of amides is 2. The van der Waals surface area contributed by atoms with E-state index in [0.29, 0.717) is 0 Å². The topological polar surface area (TPSA) is 69.6 Å². The molecule has 5 heteroatoms. The Bertz CT molecular complexity index is 316. The summed E-state index contributed by atoms with van der Waals surface area (Å²) < 4.78 is 0. The molecule has 0 aromatic heterocycles. The summed E-state index contributed by atoms with van der Waals surface area (Å²) in [6.07, 6.45) is 10.5. The summed E-state index contributed by atoms with van der Waals surface area (Å²) in [6, 6.07) is -0.220. The molecule has 0 aliphatic heterocycles. The second kappa shape index (κ2) is 6.79. The lowest BCUT2D eigenvalue weighted by Gasteiger charge is -2.26. The maximum Gasteiger partial charge on any atom is 0.323 e. The van der Waals surface area contributed by atoms with Gasteiger partial charge in [-0.2, -0.15) is 0 Å². The minimum atomic E-state index is -1.06. The van der Waals surface area contributed by atoms with Crippen LogP contribution in [0.3, 0.4) is 0 Å². The lowest BCUT2D eigenvalue weighted by atomic mass is 9.96. The van der Waals surface area contributed by atoms with Crippen LogP contribution >= 0.6 is 0 Å². The van der Waals surface area contributed by atoms with Crippen LogP contribution in [0.4, 0.5) is 4.79 Å². The van der Waals surface area contributed by atoms with Gasteiger partial charge in [-0.15, -0.1) is 6.42 Å². The second-order valence-electron chi connectivity index (χ2n) is 4.24. The Morgan fingerprint density at radius 1 is 1.35 bits per heavy atom. The summed E-state index contributed by atoms with van der Waals surface area (Å²) in [6.45, 7) is -0.340. The number of carbonyl (C=O) groups excluding carboxylic acids is 1. The fraction of sp³-hybridized carbons (Fsp3) is 0.667. The maximum atomic E-state index is 11.8. The predicted octanol–water partition coefficient (Wildman–Crippen LogP) is 1.05. The number of nitrogens with zero attached hydrogens (tertiary/aromatic N) is 1.